The Bertz CT molecular complexity index is 791. The van der Waals surface area contributed by atoms with E-state index in [4.69, 9.17) is 0 Å². The first kappa shape index (κ1) is 18.4. The minimum absolute atomic E-state index is 0.140. The van der Waals surface area contributed by atoms with Gasteiger partial charge in [0.05, 0.1) is 12.1 Å². The third-order valence-corrected chi connectivity index (χ3v) is 3.35. The summed E-state index contributed by atoms with van der Waals surface area (Å²) >= 11 is 0. The number of nitrogens with zero attached hydrogens (tertiary/aromatic N) is 2. The lowest BCUT2D eigenvalue weighted by Gasteiger charge is -2.17. The second kappa shape index (κ2) is 7.33. The topological polar surface area (TPSA) is 62.3 Å². The van der Waals surface area contributed by atoms with Crippen molar-refractivity contribution in [2.45, 2.75) is 13.1 Å². The molecular weight excluding hydrogens is 335 g/mol. The molecule has 132 valence electrons. The summed E-state index contributed by atoms with van der Waals surface area (Å²) in [4.78, 5) is 29.2. The SMILES string of the molecule is Cc1ccnc(NC(=O)CN(C)C(=O)c2cccc(C(F)(F)F)c2)c1. The Kier molecular flexibility index (Phi) is 5.41. The van der Waals surface area contributed by atoms with Gasteiger partial charge < -0.3 is 10.2 Å². The van der Waals surface area contributed by atoms with Gasteiger partial charge in [-0.3, -0.25) is 9.59 Å². The molecule has 0 aliphatic rings. The number of halogens is 3. The number of amides is 2. The van der Waals surface area contributed by atoms with E-state index in [0.29, 0.717) is 5.82 Å². The fraction of sp³-hybridized carbons (Fsp3) is 0.235. The van der Waals surface area contributed by atoms with Gasteiger partial charge in [-0.05, 0) is 42.8 Å². The van der Waals surface area contributed by atoms with E-state index in [1.807, 2.05) is 6.92 Å². The van der Waals surface area contributed by atoms with E-state index in [2.05, 4.69) is 10.3 Å². The van der Waals surface area contributed by atoms with E-state index in [0.717, 1.165) is 28.7 Å². The molecule has 1 heterocycles. The number of anilines is 1. The smallest absolute Gasteiger partial charge is 0.332 e. The number of aromatic nitrogens is 1. The Morgan fingerprint density at radius 1 is 1.20 bits per heavy atom. The number of hydrogen-bond donors (Lipinski definition) is 1. The van der Waals surface area contributed by atoms with Crippen molar-refractivity contribution in [2.75, 3.05) is 18.9 Å². The van der Waals surface area contributed by atoms with Crippen LogP contribution in [0.5, 0.6) is 0 Å². The monoisotopic (exact) mass is 351 g/mol. The highest BCUT2D eigenvalue weighted by molar-refractivity contribution is 5.99. The van der Waals surface area contributed by atoms with E-state index in [1.165, 1.54) is 19.3 Å². The van der Waals surface area contributed by atoms with Gasteiger partial charge in [0, 0.05) is 18.8 Å². The normalized spacial score (nSPS) is 11.1. The van der Waals surface area contributed by atoms with Gasteiger partial charge in [-0.15, -0.1) is 0 Å². The van der Waals surface area contributed by atoms with Crippen molar-refractivity contribution < 1.29 is 22.8 Å². The van der Waals surface area contributed by atoms with E-state index >= 15 is 0 Å². The Morgan fingerprint density at radius 2 is 1.92 bits per heavy atom. The molecule has 0 saturated carbocycles. The third kappa shape index (κ3) is 5.03. The van der Waals surface area contributed by atoms with Crippen molar-refractivity contribution in [3.63, 3.8) is 0 Å². The van der Waals surface area contributed by atoms with Crippen molar-refractivity contribution >= 4 is 17.6 Å². The summed E-state index contributed by atoms with van der Waals surface area (Å²) in [5, 5.41) is 2.53. The van der Waals surface area contributed by atoms with Crippen molar-refractivity contribution in [1.29, 1.82) is 0 Å². The third-order valence-electron chi connectivity index (χ3n) is 3.35. The number of nitrogens with one attached hydrogen (secondary N) is 1. The number of pyridine rings is 1. The molecule has 0 spiro atoms. The largest absolute Gasteiger partial charge is 0.416 e. The summed E-state index contributed by atoms with van der Waals surface area (Å²) in [5.41, 5.74) is -0.155. The van der Waals surface area contributed by atoms with Crippen molar-refractivity contribution in [3.8, 4) is 0 Å². The first-order valence-electron chi connectivity index (χ1n) is 7.32. The highest BCUT2D eigenvalue weighted by Gasteiger charge is 2.31. The first-order chi connectivity index (χ1) is 11.7. The van der Waals surface area contributed by atoms with Crippen LogP contribution in [0, 0.1) is 6.92 Å². The Hall–Kier alpha value is -2.90. The van der Waals surface area contributed by atoms with Gasteiger partial charge in [0.25, 0.3) is 5.91 Å². The second-order valence-electron chi connectivity index (χ2n) is 5.51. The van der Waals surface area contributed by atoms with Gasteiger partial charge >= 0.3 is 6.18 Å². The van der Waals surface area contributed by atoms with Crippen LogP contribution in [-0.4, -0.2) is 35.3 Å². The maximum atomic E-state index is 12.7. The van der Waals surface area contributed by atoms with Crippen LogP contribution >= 0.6 is 0 Å². The molecule has 2 aromatic rings. The number of alkyl halides is 3. The Balaban J connectivity index is 2.04. The molecule has 2 amide bonds. The highest BCUT2D eigenvalue weighted by atomic mass is 19.4. The van der Waals surface area contributed by atoms with Crippen LogP contribution in [0.3, 0.4) is 0 Å². The fourth-order valence-corrected chi connectivity index (χ4v) is 2.12. The zero-order valence-electron chi connectivity index (χ0n) is 13.6. The lowest BCUT2D eigenvalue weighted by atomic mass is 10.1. The number of rotatable bonds is 4. The van der Waals surface area contributed by atoms with E-state index < -0.39 is 23.6 Å². The highest BCUT2D eigenvalue weighted by Crippen LogP contribution is 2.29. The molecule has 8 heteroatoms. The molecule has 1 aromatic heterocycles. The predicted octanol–water partition coefficient (Wildman–Crippen LogP) is 3.12. The molecule has 0 fully saturated rings. The number of aryl methyl sites for hydroxylation is 1. The molecule has 0 bridgehead atoms. The van der Waals surface area contributed by atoms with Crippen molar-refractivity contribution in [2.24, 2.45) is 0 Å². The average Bonchev–Trinajstić information content (AvgIpc) is 2.53. The van der Waals surface area contributed by atoms with Gasteiger partial charge in [-0.25, -0.2) is 4.98 Å². The fourth-order valence-electron chi connectivity index (χ4n) is 2.12. The van der Waals surface area contributed by atoms with Crippen LogP contribution in [0.4, 0.5) is 19.0 Å². The van der Waals surface area contributed by atoms with E-state index in [1.54, 1.807) is 12.1 Å². The van der Waals surface area contributed by atoms with Gasteiger partial charge in [0.1, 0.15) is 5.82 Å². The molecule has 0 unspecified atom stereocenters. The number of likely N-dealkylation sites (N-methyl/N-ethyl adjacent to an activating group) is 1. The lowest BCUT2D eigenvalue weighted by molar-refractivity contribution is -0.137. The van der Waals surface area contributed by atoms with Crippen LogP contribution in [0.2, 0.25) is 0 Å². The first-order valence-corrected chi connectivity index (χ1v) is 7.32. The quantitative estimate of drug-likeness (QED) is 0.921. The summed E-state index contributed by atoms with van der Waals surface area (Å²) in [6.45, 7) is 1.52. The Morgan fingerprint density at radius 3 is 2.56 bits per heavy atom. The summed E-state index contributed by atoms with van der Waals surface area (Å²) in [7, 11) is 1.34. The van der Waals surface area contributed by atoms with Crippen molar-refractivity contribution in [1.82, 2.24) is 9.88 Å². The Labute approximate surface area is 142 Å². The molecule has 0 saturated heterocycles. The molecule has 1 N–H and O–H groups in total. The van der Waals surface area contributed by atoms with Crippen molar-refractivity contribution in [3.05, 3.63) is 59.3 Å². The maximum absolute atomic E-state index is 12.7. The second-order valence-corrected chi connectivity index (χ2v) is 5.51. The molecule has 2 rings (SSSR count). The maximum Gasteiger partial charge on any atom is 0.416 e. The van der Waals surface area contributed by atoms with Crippen LogP contribution in [0.1, 0.15) is 21.5 Å². The predicted molar refractivity (Wildman–Crippen MR) is 86.0 cm³/mol. The standard InChI is InChI=1S/C17H16F3N3O2/c1-11-6-7-21-14(8-11)22-15(24)10-23(2)16(25)12-4-3-5-13(9-12)17(18,19)20/h3-9H,10H2,1-2H3,(H,21,22,24). The molecule has 0 atom stereocenters. The minimum Gasteiger partial charge on any atom is -0.332 e. The van der Waals surface area contributed by atoms with E-state index in [9.17, 15) is 22.8 Å². The molecule has 1 aromatic carbocycles. The van der Waals surface area contributed by atoms with Crippen LogP contribution < -0.4 is 5.32 Å². The number of carbonyl (C=O) groups is 2. The molecule has 0 aliphatic heterocycles. The zero-order chi connectivity index (χ0) is 18.6. The summed E-state index contributed by atoms with van der Waals surface area (Å²) in [6.07, 6.45) is -3.01. The molecule has 5 nitrogen and oxygen atoms in total. The summed E-state index contributed by atoms with van der Waals surface area (Å²) in [5.74, 6) is -0.843. The zero-order valence-corrected chi connectivity index (χ0v) is 13.6. The van der Waals surface area contributed by atoms with Gasteiger partial charge in [-0.2, -0.15) is 13.2 Å². The number of carbonyl (C=O) groups excluding carboxylic acids is 2. The summed E-state index contributed by atoms with van der Waals surface area (Å²) in [6, 6.07) is 7.49. The van der Waals surface area contributed by atoms with Gasteiger partial charge in [-0.1, -0.05) is 6.07 Å². The molecule has 0 radical (unpaired) electrons. The number of hydrogen-bond acceptors (Lipinski definition) is 3. The van der Waals surface area contributed by atoms with Gasteiger partial charge in [0.2, 0.25) is 5.91 Å². The lowest BCUT2D eigenvalue weighted by Crippen LogP contribution is -2.35. The number of benzene rings is 1. The van der Waals surface area contributed by atoms with Gasteiger partial charge in [0.15, 0.2) is 0 Å². The van der Waals surface area contributed by atoms with E-state index in [-0.39, 0.29) is 12.1 Å². The molecular formula is C17H16F3N3O2. The average molecular weight is 351 g/mol. The van der Waals surface area contributed by atoms with Crippen LogP contribution in [0.25, 0.3) is 0 Å². The molecule has 25 heavy (non-hydrogen) atoms. The minimum atomic E-state index is -4.54. The van der Waals surface area contributed by atoms with Crippen LogP contribution in [-0.2, 0) is 11.0 Å². The van der Waals surface area contributed by atoms with Crippen LogP contribution in [0.15, 0.2) is 42.6 Å². The molecule has 0 aliphatic carbocycles. The summed E-state index contributed by atoms with van der Waals surface area (Å²) < 4.78 is 38.2.